The third-order valence-corrected chi connectivity index (χ3v) is 6.03. The zero-order valence-corrected chi connectivity index (χ0v) is 19.4. The molecule has 0 fully saturated rings. The molecule has 0 radical (unpaired) electrons. The number of anilines is 1. The molecule has 8 heteroatoms. The second-order valence-corrected chi connectivity index (χ2v) is 8.29. The van der Waals surface area contributed by atoms with E-state index in [1.165, 1.54) is 13.2 Å². The number of nitrogens with one attached hydrogen (secondary N) is 1. The van der Waals surface area contributed by atoms with Crippen molar-refractivity contribution in [2.24, 2.45) is 0 Å². The van der Waals surface area contributed by atoms with Crippen LogP contribution in [-0.2, 0) is 22.4 Å². The summed E-state index contributed by atoms with van der Waals surface area (Å²) in [5.74, 6) is 1.06. The average Bonchev–Trinajstić information content (AvgIpc) is 2.86. The zero-order chi connectivity index (χ0) is 24.1. The molecule has 34 heavy (non-hydrogen) atoms. The van der Waals surface area contributed by atoms with Gasteiger partial charge in [-0.05, 0) is 59.7 Å². The smallest absolute Gasteiger partial charge is 0.246 e. The molecule has 2 aliphatic heterocycles. The Morgan fingerprint density at radius 1 is 1.24 bits per heavy atom. The van der Waals surface area contributed by atoms with E-state index in [0.29, 0.717) is 68.3 Å². The molecule has 4 rings (SSSR count). The number of amides is 2. The van der Waals surface area contributed by atoms with E-state index < -0.39 is 0 Å². The van der Waals surface area contributed by atoms with Gasteiger partial charge in [-0.15, -0.1) is 0 Å². The van der Waals surface area contributed by atoms with Crippen LogP contribution in [0, 0.1) is 5.82 Å². The van der Waals surface area contributed by atoms with E-state index in [9.17, 15) is 14.0 Å². The highest BCUT2D eigenvalue weighted by Gasteiger charge is 2.18. The molecule has 1 aromatic heterocycles. The van der Waals surface area contributed by atoms with Crippen LogP contribution in [0.15, 0.2) is 42.1 Å². The van der Waals surface area contributed by atoms with Crippen molar-refractivity contribution in [1.82, 2.24) is 9.88 Å². The Hall–Kier alpha value is -3.68. The number of halogens is 1. The van der Waals surface area contributed by atoms with Crippen LogP contribution in [0.2, 0.25) is 0 Å². The number of hydrogen-bond donors (Lipinski definition) is 1. The molecular formula is C26H28FN3O4. The predicted molar refractivity (Wildman–Crippen MR) is 127 cm³/mol. The highest BCUT2D eigenvalue weighted by Crippen LogP contribution is 2.31. The number of rotatable bonds is 7. The van der Waals surface area contributed by atoms with Crippen LogP contribution in [0.25, 0.3) is 6.08 Å². The Labute approximate surface area is 198 Å². The van der Waals surface area contributed by atoms with E-state index in [2.05, 4.69) is 10.3 Å². The number of methoxy groups -OCH3 is 1. The number of aryl methyl sites for hydroxylation is 2. The molecule has 0 saturated carbocycles. The topological polar surface area (TPSA) is 80.8 Å². The van der Waals surface area contributed by atoms with Crippen LogP contribution >= 0.6 is 0 Å². The number of carbonyl (C=O) groups is 2. The van der Waals surface area contributed by atoms with Crippen LogP contribution in [0.5, 0.6) is 11.5 Å². The molecule has 7 nitrogen and oxygen atoms in total. The Morgan fingerprint density at radius 2 is 2.09 bits per heavy atom. The SMILES string of the molecule is CCc1cc(OC)c(OCC2=CCN(C(=O)C=Cc3cnc4c(c3)CCC(=O)N4)CC2)cc1F. The Bertz CT molecular complexity index is 1160. The second-order valence-electron chi connectivity index (χ2n) is 8.29. The minimum absolute atomic E-state index is 0.0258. The molecule has 1 N–H and O–H groups in total. The van der Waals surface area contributed by atoms with Crippen molar-refractivity contribution >= 4 is 23.7 Å². The number of fused-ring (bicyclic) bond motifs is 1. The first-order chi connectivity index (χ1) is 16.5. The Morgan fingerprint density at radius 3 is 2.82 bits per heavy atom. The Kier molecular flexibility index (Phi) is 7.25. The number of hydrogen-bond acceptors (Lipinski definition) is 5. The Balaban J connectivity index is 1.32. The molecule has 0 bridgehead atoms. The van der Waals surface area contributed by atoms with Gasteiger partial charge in [-0.25, -0.2) is 9.37 Å². The predicted octanol–water partition coefficient (Wildman–Crippen LogP) is 3.93. The number of aromatic nitrogens is 1. The lowest BCUT2D eigenvalue weighted by Gasteiger charge is -2.25. The third-order valence-electron chi connectivity index (χ3n) is 6.03. The lowest BCUT2D eigenvalue weighted by molar-refractivity contribution is -0.125. The number of pyridine rings is 1. The maximum absolute atomic E-state index is 14.1. The highest BCUT2D eigenvalue weighted by molar-refractivity contribution is 5.94. The maximum Gasteiger partial charge on any atom is 0.246 e. The third kappa shape index (κ3) is 5.44. The molecule has 0 aliphatic carbocycles. The first-order valence-corrected chi connectivity index (χ1v) is 11.4. The van der Waals surface area contributed by atoms with Gasteiger partial charge in [0.15, 0.2) is 11.5 Å². The van der Waals surface area contributed by atoms with Crippen LogP contribution in [0.4, 0.5) is 10.2 Å². The van der Waals surface area contributed by atoms with Crippen molar-refractivity contribution in [2.45, 2.75) is 32.6 Å². The van der Waals surface area contributed by atoms with Crippen LogP contribution in [0.1, 0.15) is 36.5 Å². The molecule has 1 aromatic carbocycles. The second kappa shape index (κ2) is 10.5. The van der Waals surface area contributed by atoms with E-state index in [4.69, 9.17) is 9.47 Å². The molecule has 0 atom stereocenters. The van der Waals surface area contributed by atoms with E-state index in [0.717, 1.165) is 16.7 Å². The fourth-order valence-electron chi connectivity index (χ4n) is 3.97. The van der Waals surface area contributed by atoms with Crippen molar-refractivity contribution < 1.29 is 23.5 Å². The zero-order valence-electron chi connectivity index (χ0n) is 19.4. The molecule has 0 spiro atoms. The van der Waals surface area contributed by atoms with E-state index in [1.54, 1.807) is 29.3 Å². The van der Waals surface area contributed by atoms with Gasteiger partial charge in [0.25, 0.3) is 0 Å². The lowest BCUT2D eigenvalue weighted by Crippen LogP contribution is -2.34. The monoisotopic (exact) mass is 465 g/mol. The number of nitrogens with zero attached hydrogens (tertiary/aromatic N) is 2. The summed E-state index contributed by atoms with van der Waals surface area (Å²) in [5, 5.41) is 2.75. The van der Waals surface area contributed by atoms with Crippen molar-refractivity contribution in [3.05, 3.63) is 64.6 Å². The molecular weight excluding hydrogens is 437 g/mol. The summed E-state index contributed by atoms with van der Waals surface area (Å²) in [6.07, 6.45) is 9.25. The number of ether oxygens (including phenoxy) is 2. The largest absolute Gasteiger partial charge is 0.493 e. The van der Waals surface area contributed by atoms with Crippen molar-refractivity contribution in [3.8, 4) is 11.5 Å². The molecule has 2 amide bonds. The van der Waals surface area contributed by atoms with Gasteiger partial charge >= 0.3 is 0 Å². The minimum Gasteiger partial charge on any atom is -0.493 e. The lowest BCUT2D eigenvalue weighted by atomic mass is 10.0. The quantitative estimate of drug-likeness (QED) is 0.495. The van der Waals surface area contributed by atoms with Gasteiger partial charge in [-0.1, -0.05) is 13.0 Å². The molecule has 0 unspecified atom stereocenters. The summed E-state index contributed by atoms with van der Waals surface area (Å²) in [5.41, 5.74) is 3.43. The van der Waals surface area contributed by atoms with Gasteiger partial charge in [-0.3, -0.25) is 9.59 Å². The van der Waals surface area contributed by atoms with Gasteiger partial charge in [0.05, 0.1) is 7.11 Å². The van der Waals surface area contributed by atoms with Crippen molar-refractivity contribution in [2.75, 3.05) is 32.1 Å². The fraction of sp³-hybridized carbons (Fsp3) is 0.346. The van der Waals surface area contributed by atoms with Gasteiger partial charge in [0, 0.05) is 37.8 Å². The van der Waals surface area contributed by atoms with Gasteiger partial charge in [0.2, 0.25) is 11.8 Å². The van der Waals surface area contributed by atoms with E-state index >= 15 is 0 Å². The minimum atomic E-state index is -0.307. The fourth-order valence-corrected chi connectivity index (χ4v) is 3.97. The van der Waals surface area contributed by atoms with Crippen molar-refractivity contribution in [3.63, 3.8) is 0 Å². The first-order valence-electron chi connectivity index (χ1n) is 11.4. The molecule has 2 aliphatic rings. The van der Waals surface area contributed by atoms with Gasteiger partial charge in [0.1, 0.15) is 18.2 Å². The van der Waals surface area contributed by atoms with E-state index in [1.807, 2.05) is 19.1 Å². The summed E-state index contributed by atoms with van der Waals surface area (Å²) < 4.78 is 25.3. The number of benzene rings is 1. The van der Waals surface area contributed by atoms with Gasteiger partial charge < -0.3 is 19.7 Å². The van der Waals surface area contributed by atoms with E-state index in [-0.39, 0.29) is 17.6 Å². The van der Waals surface area contributed by atoms with Crippen molar-refractivity contribution in [1.29, 1.82) is 0 Å². The number of carbonyl (C=O) groups excluding carboxylic acids is 2. The van der Waals surface area contributed by atoms with Gasteiger partial charge in [-0.2, -0.15) is 0 Å². The summed E-state index contributed by atoms with van der Waals surface area (Å²) in [6, 6.07) is 4.98. The van der Waals surface area contributed by atoms with Crippen LogP contribution < -0.4 is 14.8 Å². The van der Waals surface area contributed by atoms with Crippen LogP contribution in [-0.4, -0.2) is 48.5 Å². The summed E-state index contributed by atoms with van der Waals surface area (Å²) in [6.45, 7) is 3.26. The molecule has 2 aromatic rings. The summed E-state index contributed by atoms with van der Waals surface area (Å²) in [7, 11) is 1.54. The highest BCUT2D eigenvalue weighted by atomic mass is 19.1. The summed E-state index contributed by atoms with van der Waals surface area (Å²) >= 11 is 0. The summed E-state index contributed by atoms with van der Waals surface area (Å²) in [4.78, 5) is 30.1. The molecule has 3 heterocycles. The molecule has 178 valence electrons. The average molecular weight is 466 g/mol. The molecule has 0 saturated heterocycles. The van der Waals surface area contributed by atoms with Crippen LogP contribution in [0.3, 0.4) is 0 Å². The maximum atomic E-state index is 14.1. The standard InChI is InChI=1S/C26H28FN3O4/c1-3-19-13-22(33-2)23(14-21(19)27)34-16-17-8-10-30(11-9-17)25(32)7-4-18-12-20-5-6-24(31)29-26(20)28-15-18/h4,7-8,12-15H,3,5-6,9-11,16H2,1-2H3,(H,28,29,31). The first kappa shape index (κ1) is 23.5. The normalized spacial score (nSPS) is 15.6.